The Labute approximate surface area is 171 Å². The summed E-state index contributed by atoms with van der Waals surface area (Å²) < 4.78 is 12.9. The molecule has 0 bridgehead atoms. The van der Waals surface area contributed by atoms with Gasteiger partial charge in [0, 0.05) is 12.7 Å². The maximum absolute atomic E-state index is 12.2. The molecule has 0 unspecified atom stereocenters. The molecule has 0 atom stereocenters. The molecular formula is C22H29N3O4. The molecule has 1 aromatic carbocycles. The highest BCUT2D eigenvalue weighted by Gasteiger charge is 2.11. The third-order valence-electron chi connectivity index (χ3n) is 4.26. The molecule has 0 aliphatic rings. The Morgan fingerprint density at radius 2 is 1.97 bits per heavy atom. The fraction of sp³-hybridized carbons (Fsp3) is 0.409. The van der Waals surface area contributed by atoms with E-state index < -0.39 is 5.91 Å². The lowest BCUT2D eigenvalue weighted by Gasteiger charge is -2.12. The summed E-state index contributed by atoms with van der Waals surface area (Å²) in [5.41, 5.74) is 2.85. The van der Waals surface area contributed by atoms with Gasteiger partial charge in [0.1, 0.15) is 5.56 Å². The molecule has 1 amide bonds. The molecule has 0 radical (unpaired) electrons. The van der Waals surface area contributed by atoms with Crippen LogP contribution in [0.4, 0.5) is 0 Å². The van der Waals surface area contributed by atoms with E-state index in [9.17, 15) is 9.59 Å². The van der Waals surface area contributed by atoms with Crippen molar-refractivity contribution in [2.45, 2.75) is 46.6 Å². The highest BCUT2D eigenvalue weighted by molar-refractivity contribution is 5.94. The Morgan fingerprint density at radius 3 is 2.69 bits per heavy atom. The second kappa shape index (κ2) is 11.7. The van der Waals surface area contributed by atoms with Gasteiger partial charge in [-0.1, -0.05) is 19.8 Å². The third kappa shape index (κ3) is 6.48. The van der Waals surface area contributed by atoms with Gasteiger partial charge in [-0.05, 0) is 56.2 Å². The lowest BCUT2D eigenvalue weighted by Crippen LogP contribution is -2.30. The Balaban J connectivity index is 2.05. The van der Waals surface area contributed by atoms with Gasteiger partial charge in [-0.2, -0.15) is 5.10 Å². The number of hydrogen-bond acceptors (Lipinski definition) is 5. The molecular weight excluding hydrogens is 370 g/mol. The van der Waals surface area contributed by atoms with E-state index in [4.69, 9.17) is 9.47 Å². The normalized spacial score (nSPS) is 10.9. The van der Waals surface area contributed by atoms with E-state index in [1.54, 1.807) is 18.3 Å². The van der Waals surface area contributed by atoms with Crippen LogP contribution in [0.3, 0.4) is 0 Å². The van der Waals surface area contributed by atoms with Crippen LogP contribution in [0.2, 0.25) is 0 Å². The molecule has 29 heavy (non-hydrogen) atoms. The van der Waals surface area contributed by atoms with Gasteiger partial charge in [0.2, 0.25) is 0 Å². The molecule has 7 nitrogen and oxygen atoms in total. The number of benzene rings is 1. The number of carbonyl (C=O) groups excluding carboxylic acids is 1. The molecule has 0 saturated carbocycles. The number of pyridine rings is 1. The standard InChI is InChI=1S/C22H29N3O4/c1-4-7-8-14-29-19-12-11-17(15-20(19)28-6-3)16-23-24-21(26)18-10-9-13-25(5-2)22(18)27/h9-13,15-16H,4-8,14H2,1-3H3,(H,24,26)/b23-16-. The maximum atomic E-state index is 12.2. The minimum atomic E-state index is -0.546. The van der Waals surface area contributed by atoms with Crippen molar-refractivity contribution >= 4 is 12.1 Å². The smallest absolute Gasteiger partial charge is 0.276 e. The summed E-state index contributed by atoms with van der Waals surface area (Å²) >= 11 is 0. The van der Waals surface area contributed by atoms with Crippen LogP contribution in [0.1, 0.15) is 56.0 Å². The van der Waals surface area contributed by atoms with Crippen LogP contribution in [-0.2, 0) is 6.54 Å². The number of aryl methyl sites for hydroxylation is 1. The van der Waals surface area contributed by atoms with Gasteiger partial charge in [-0.25, -0.2) is 5.43 Å². The number of ether oxygens (including phenoxy) is 2. The van der Waals surface area contributed by atoms with E-state index in [1.165, 1.54) is 16.8 Å². The summed E-state index contributed by atoms with van der Waals surface area (Å²) in [7, 11) is 0. The van der Waals surface area contributed by atoms with Gasteiger partial charge in [0.25, 0.3) is 11.5 Å². The average molecular weight is 399 g/mol. The Hall–Kier alpha value is -3.09. The minimum absolute atomic E-state index is 0.0531. The predicted molar refractivity (Wildman–Crippen MR) is 114 cm³/mol. The van der Waals surface area contributed by atoms with Crippen LogP contribution in [0, 0.1) is 0 Å². The number of unbranched alkanes of at least 4 members (excludes halogenated alkanes) is 2. The van der Waals surface area contributed by atoms with Crippen LogP contribution in [0.5, 0.6) is 11.5 Å². The first-order valence-electron chi connectivity index (χ1n) is 10.0. The number of hydrazone groups is 1. The minimum Gasteiger partial charge on any atom is -0.490 e. The van der Waals surface area contributed by atoms with Crippen LogP contribution >= 0.6 is 0 Å². The first-order chi connectivity index (χ1) is 14.1. The monoisotopic (exact) mass is 399 g/mol. The zero-order valence-electron chi connectivity index (χ0n) is 17.3. The SMILES string of the molecule is CCCCCOc1ccc(/C=N\NC(=O)c2cccn(CC)c2=O)cc1OCC. The summed E-state index contributed by atoms with van der Waals surface area (Å²) in [6.07, 6.45) is 6.40. The number of nitrogens with one attached hydrogen (secondary N) is 1. The fourth-order valence-corrected chi connectivity index (χ4v) is 2.71. The van der Waals surface area contributed by atoms with Crippen LogP contribution in [-0.4, -0.2) is 29.9 Å². The highest BCUT2D eigenvalue weighted by atomic mass is 16.5. The Kier molecular flexibility index (Phi) is 8.95. The van der Waals surface area contributed by atoms with Gasteiger partial charge in [0.15, 0.2) is 11.5 Å². The van der Waals surface area contributed by atoms with E-state index in [0.717, 1.165) is 24.8 Å². The van der Waals surface area contributed by atoms with Crippen molar-refractivity contribution in [1.29, 1.82) is 0 Å². The second-order valence-electron chi connectivity index (χ2n) is 6.41. The van der Waals surface area contributed by atoms with Crippen LogP contribution in [0.15, 0.2) is 46.4 Å². The van der Waals surface area contributed by atoms with Crippen molar-refractivity contribution in [3.8, 4) is 11.5 Å². The molecule has 0 aliphatic carbocycles. The van der Waals surface area contributed by atoms with Crippen molar-refractivity contribution in [2.24, 2.45) is 5.10 Å². The second-order valence-corrected chi connectivity index (χ2v) is 6.41. The lowest BCUT2D eigenvalue weighted by atomic mass is 10.2. The molecule has 0 spiro atoms. The number of hydrogen-bond donors (Lipinski definition) is 1. The van der Waals surface area contributed by atoms with Crippen molar-refractivity contribution in [3.05, 3.63) is 58.0 Å². The zero-order valence-corrected chi connectivity index (χ0v) is 17.3. The molecule has 0 fully saturated rings. The van der Waals surface area contributed by atoms with Crippen molar-refractivity contribution in [2.75, 3.05) is 13.2 Å². The summed E-state index contributed by atoms with van der Waals surface area (Å²) in [6, 6.07) is 8.62. The maximum Gasteiger partial charge on any atom is 0.276 e. The van der Waals surface area contributed by atoms with Gasteiger partial charge in [-0.3, -0.25) is 9.59 Å². The van der Waals surface area contributed by atoms with E-state index >= 15 is 0 Å². The molecule has 2 aromatic rings. The molecule has 156 valence electrons. The van der Waals surface area contributed by atoms with Gasteiger partial charge in [-0.15, -0.1) is 0 Å². The van der Waals surface area contributed by atoms with Crippen molar-refractivity contribution < 1.29 is 14.3 Å². The molecule has 1 aromatic heterocycles. The summed E-state index contributed by atoms with van der Waals surface area (Å²) in [5, 5.41) is 3.96. The third-order valence-corrected chi connectivity index (χ3v) is 4.26. The van der Waals surface area contributed by atoms with E-state index in [0.29, 0.717) is 31.3 Å². The molecule has 1 heterocycles. The zero-order chi connectivity index (χ0) is 21.1. The summed E-state index contributed by atoms with van der Waals surface area (Å²) in [6.45, 7) is 7.55. The predicted octanol–water partition coefficient (Wildman–Crippen LogP) is 3.60. The highest BCUT2D eigenvalue weighted by Crippen LogP contribution is 2.28. The summed E-state index contributed by atoms with van der Waals surface area (Å²) in [5.74, 6) is 0.775. The Morgan fingerprint density at radius 1 is 1.14 bits per heavy atom. The number of nitrogens with zero attached hydrogens (tertiary/aromatic N) is 2. The molecule has 0 saturated heterocycles. The lowest BCUT2D eigenvalue weighted by molar-refractivity contribution is 0.0953. The largest absolute Gasteiger partial charge is 0.490 e. The van der Waals surface area contributed by atoms with Crippen molar-refractivity contribution in [3.63, 3.8) is 0 Å². The van der Waals surface area contributed by atoms with Gasteiger partial charge in [0.05, 0.1) is 19.4 Å². The van der Waals surface area contributed by atoms with Crippen LogP contribution < -0.4 is 20.5 Å². The number of carbonyl (C=O) groups is 1. The topological polar surface area (TPSA) is 81.9 Å². The molecule has 1 N–H and O–H groups in total. The van der Waals surface area contributed by atoms with E-state index in [1.807, 2.05) is 26.0 Å². The number of aromatic nitrogens is 1. The van der Waals surface area contributed by atoms with E-state index in [2.05, 4.69) is 17.5 Å². The van der Waals surface area contributed by atoms with Crippen LogP contribution in [0.25, 0.3) is 0 Å². The number of rotatable bonds is 11. The quantitative estimate of drug-likeness (QED) is 0.356. The first-order valence-corrected chi connectivity index (χ1v) is 10.0. The Bertz CT molecular complexity index is 890. The van der Waals surface area contributed by atoms with Crippen molar-refractivity contribution in [1.82, 2.24) is 9.99 Å². The van der Waals surface area contributed by atoms with Gasteiger partial charge >= 0.3 is 0 Å². The van der Waals surface area contributed by atoms with Gasteiger partial charge < -0.3 is 14.0 Å². The molecule has 7 heteroatoms. The number of amides is 1. The fourth-order valence-electron chi connectivity index (χ4n) is 2.71. The molecule has 2 rings (SSSR count). The average Bonchev–Trinajstić information content (AvgIpc) is 2.72. The summed E-state index contributed by atoms with van der Waals surface area (Å²) in [4.78, 5) is 24.4. The first kappa shape index (κ1) is 22.2. The molecule has 0 aliphatic heterocycles. The van der Waals surface area contributed by atoms with E-state index in [-0.39, 0.29) is 11.1 Å².